The van der Waals surface area contributed by atoms with Crippen LogP contribution >= 0.6 is 0 Å². The average molecular weight is 224 g/mol. The van der Waals surface area contributed by atoms with Crippen LogP contribution in [-0.4, -0.2) is 12.2 Å². The molecule has 1 nitrogen and oxygen atoms in total. The maximum atomic E-state index is 6.08. The minimum Gasteiger partial charge on any atom is -0.375 e. The lowest BCUT2D eigenvalue weighted by atomic mass is 9.62. The lowest BCUT2D eigenvalue weighted by molar-refractivity contribution is -0.0768. The van der Waals surface area contributed by atoms with E-state index in [2.05, 4.69) is 20.8 Å². The van der Waals surface area contributed by atoms with Gasteiger partial charge in [0, 0.05) is 6.61 Å². The van der Waals surface area contributed by atoms with Gasteiger partial charge in [0.1, 0.15) is 0 Å². The third-order valence-corrected chi connectivity index (χ3v) is 5.04. The van der Waals surface area contributed by atoms with Gasteiger partial charge in [-0.05, 0) is 49.9 Å². The normalized spacial score (nSPS) is 38.1. The molecule has 0 amide bonds. The Labute approximate surface area is 101 Å². The second kappa shape index (κ2) is 4.68. The Bertz CT molecular complexity index is 226. The van der Waals surface area contributed by atoms with Crippen molar-refractivity contribution in [1.29, 1.82) is 0 Å². The molecule has 1 heterocycles. The first-order chi connectivity index (χ1) is 7.58. The predicted octanol–water partition coefficient (Wildman–Crippen LogP) is 4.55. The van der Waals surface area contributed by atoms with Crippen LogP contribution in [-0.2, 0) is 4.74 Å². The van der Waals surface area contributed by atoms with Crippen molar-refractivity contribution < 1.29 is 4.74 Å². The molecule has 1 spiro atoms. The van der Waals surface area contributed by atoms with E-state index in [1.807, 2.05) is 0 Å². The second-order valence-corrected chi connectivity index (χ2v) is 6.67. The van der Waals surface area contributed by atoms with E-state index in [1.54, 1.807) is 0 Å². The summed E-state index contributed by atoms with van der Waals surface area (Å²) >= 11 is 0. The monoisotopic (exact) mass is 224 g/mol. The number of ether oxygens (including phenoxy) is 1. The summed E-state index contributed by atoms with van der Waals surface area (Å²) in [6, 6.07) is 0. The molecule has 0 bridgehead atoms. The third kappa shape index (κ3) is 2.45. The van der Waals surface area contributed by atoms with E-state index in [1.165, 1.54) is 51.4 Å². The molecule has 0 aromatic rings. The molecule has 94 valence electrons. The molecular formula is C15H28O. The predicted molar refractivity (Wildman–Crippen MR) is 68.6 cm³/mol. The van der Waals surface area contributed by atoms with Gasteiger partial charge in [-0.1, -0.05) is 33.6 Å². The average Bonchev–Trinajstić information content (AvgIpc) is 2.69. The van der Waals surface area contributed by atoms with E-state index in [-0.39, 0.29) is 0 Å². The van der Waals surface area contributed by atoms with Crippen LogP contribution in [0, 0.1) is 11.3 Å². The first-order valence-electron chi connectivity index (χ1n) is 7.22. The van der Waals surface area contributed by atoms with Crippen molar-refractivity contribution >= 4 is 0 Å². The molecule has 2 unspecified atom stereocenters. The van der Waals surface area contributed by atoms with Gasteiger partial charge in [-0.2, -0.15) is 0 Å². The van der Waals surface area contributed by atoms with Gasteiger partial charge in [-0.25, -0.2) is 0 Å². The summed E-state index contributed by atoms with van der Waals surface area (Å²) in [4.78, 5) is 0. The summed E-state index contributed by atoms with van der Waals surface area (Å²) in [6.07, 6.45) is 10.8. The van der Waals surface area contributed by atoms with Crippen LogP contribution in [0.1, 0.15) is 72.1 Å². The maximum Gasteiger partial charge on any atom is 0.0686 e. The molecule has 1 saturated carbocycles. The van der Waals surface area contributed by atoms with Crippen molar-refractivity contribution in [3.8, 4) is 0 Å². The van der Waals surface area contributed by atoms with Crippen LogP contribution in [0.3, 0.4) is 0 Å². The van der Waals surface area contributed by atoms with Crippen molar-refractivity contribution in [3.63, 3.8) is 0 Å². The minimum atomic E-state index is 0.300. The highest BCUT2D eigenvalue weighted by atomic mass is 16.5. The molecule has 0 N–H and O–H groups in total. The van der Waals surface area contributed by atoms with Crippen molar-refractivity contribution in [1.82, 2.24) is 0 Å². The summed E-state index contributed by atoms with van der Waals surface area (Å²) in [5.41, 5.74) is 0.848. The highest BCUT2D eigenvalue weighted by Crippen LogP contribution is 2.51. The molecule has 0 aromatic heterocycles. The molecule has 2 fully saturated rings. The lowest BCUT2D eigenvalue weighted by Crippen LogP contribution is -2.42. The number of unbranched alkanes of at least 4 members (excludes halogenated alkanes) is 1. The first kappa shape index (κ1) is 12.4. The first-order valence-corrected chi connectivity index (χ1v) is 7.22. The standard InChI is InChI=1S/C15H28O/c1-4-5-7-13-12-15(8-6-11-16-15)10-9-14(13,2)3/h13H,4-12H2,1-3H3. The topological polar surface area (TPSA) is 9.23 Å². The molecular weight excluding hydrogens is 196 g/mol. The zero-order valence-corrected chi connectivity index (χ0v) is 11.3. The van der Waals surface area contributed by atoms with Crippen molar-refractivity contribution in [2.45, 2.75) is 77.7 Å². The van der Waals surface area contributed by atoms with E-state index < -0.39 is 0 Å². The van der Waals surface area contributed by atoms with E-state index in [0.717, 1.165) is 12.5 Å². The van der Waals surface area contributed by atoms with E-state index in [9.17, 15) is 0 Å². The van der Waals surface area contributed by atoms with Gasteiger partial charge < -0.3 is 4.74 Å². The summed E-state index contributed by atoms with van der Waals surface area (Å²) in [7, 11) is 0. The van der Waals surface area contributed by atoms with Gasteiger partial charge >= 0.3 is 0 Å². The summed E-state index contributed by atoms with van der Waals surface area (Å²) in [5, 5.41) is 0. The van der Waals surface area contributed by atoms with Crippen LogP contribution in [0.5, 0.6) is 0 Å². The Morgan fingerprint density at radius 1 is 1.19 bits per heavy atom. The molecule has 0 aromatic carbocycles. The molecule has 2 rings (SSSR count). The molecule has 2 aliphatic rings. The highest BCUT2D eigenvalue weighted by Gasteiger charge is 2.46. The fourth-order valence-electron chi connectivity index (χ4n) is 3.64. The summed E-state index contributed by atoms with van der Waals surface area (Å²) in [5.74, 6) is 0.888. The highest BCUT2D eigenvalue weighted by molar-refractivity contribution is 4.97. The molecule has 1 aliphatic heterocycles. The van der Waals surface area contributed by atoms with Crippen LogP contribution in [0.15, 0.2) is 0 Å². The van der Waals surface area contributed by atoms with Gasteiger partial charge in [-0.15, -0.1) is 0 Å². The second-order valence-electron chi connectivity index (χ2n) is 6.67. The zero-order chi connectivity index (χ0) is 11.6. The lowest BCUT2D eigenvalue weighted by Gasteiger charge is -2.47. The Morgan fingerprint density at radius 3 is 2.62 bits per heavy atom. The third-order valence-electron chi connectivity index (χ3n) is 5.04. The SMILES string of the molecule is CCCCC1CC2(CCCO2)CCC1(C)C. The fourth-order valence-corrected chi connectivity index (χ4v) is 3.64. The van der Waals surface area contributed by atoms with Crippen molar-refractivity contribution in [2.24, 2.45) is 11.3 Å². The van der Waals surface area contributed by atoms with E-state index in [0.29, 0.717) is 11.0 Å². The molecule has 1 heteroatoms. The number of hydrogen-bond donors (Lipinski definition) is 0. The molecule has 0 radical (unpaired) electrons. The van der Waals surface area contributed by atoms with E-state index in [4.69, 9.17) is 4.74 Å². The largest absolute Gasteiger partial charge is 0.375 e. The summed E-state index contributed by atoms with van der Waals surface area (Å²) < 4.78 is 6.08. The van der Waals surface area contributed by atoms with Crippen LogP contribution < -0.4 is 0 Å². The van der Waals surface area contributed by atoms with Gasteiger partial charge in [-0.3, -0.25) is 0 Å². The van der Waals surface area contributed by atoms with Crippen molar-refractivity contribution in [2.75, 3.05) is 6.61 Å². The Morgan fingerprint density at radius 2 is 2.00 bits per heavy atom. The van der Waals surface area contributed by atoms with Gasteiger partial charge in [0.15, 0.2) is 0 Å². The van der Waals surface area contributed by atoms with Gasteiger partial charge in [0.25, 0.3) is 0 Å². The fraction of sp³-hybridized carbons (Fsp3) is 1.00. The van der Waals surface area contributed by atoms with E-state index >= 15 is 0 Å². The molecule has 16 heavy (non-hydrogen) atoms. The number of hydrogen-bond acceptors (Lipinski definition) is 1. The smallest absolute Gasteiger partial charge is 0.0686 e. The van der Waals surface area contributed by atoms with Crippen LogP contribution in [0.4, 0.5) is 0 Å². The summed E-state index contributed by atoms with van der Waals surface area (Å²) in [6.45, 7) is 8.25. The Balaban J connectivity index is 2.00. The van der Waals surface area contributed by atoms with Crippen LogP contribution in [0.25, 0.3) is 0 Å². The maximum absolute atomic E-state index is 6.08. The zero-order valence-electron chi connectivity index (χ0n) is 11.3. The Hall–Kier alpha value is -0.0400. The van der Waals surface area contributed by atoms with Crippen molar-refractivity contribution in [3.05, 3.63) is 0 Å². The molecule has 1 saturated heterocycles. The minimum absolute atomic E-state index is 0.300. The Kier molecular flexibility index (Phi) is 3.63. The van der Waals surface area contributed by atoms with Gasteiger partial charge in [0.2, 0.25) is 0 Å². The quantitative estimate of drug-likeness (QED) is 0.683. The van der Waals surface area contributed by atoms with Gasteiger partial charge in [0.05, 0.1) is 5.60 Å². The van der Waals surface area contributed by atoms with Crippen LogP contribution in [0.2, 0.25) is 0 Å². The molecule has 2 atom stereocenters. The number of rotatable bonds is 3. The molecule has 1 aliphatic carbocycles.